The van der Waals surface area contributed by atoms with Crippen LogP contribution < -0.4 is 10.0 Å². The second kappa shape index (κ2) is 8.46. The molecule has 0 fully saturated rings. The predicted molar refractivity (Wildman–Crippen MR) is 108 cm³/mol. The molecule has 0 aliphatic carbocycles. The Balaban J connectivity index is 1.67. The Bertz CT molecular complexity index is 1150. The first-order valence-corrected chi connectivity index (χ1v) is 10.1. The van der Waals surface area contributed by atoms with Crippen LogP contribution >= 0.6 is 11.6 Å². The van der Waals surface area contributed by atoms with Crippen LogP contribution in [0.2, 0.25) is 5.02 Å². The zero-order valence-corrected chi connectivity index (χ0v) is 16.6. The van der Waals surface area contributed by atoms with E-state index in [0.29, 0.717) is 11.4 Å². The predicted octanol–water partition coefficient (Wildman–Crippen LogP) is 4.23. The molecule has 0 spiro atoms. The third kappa shape index (κ3) is 5.21. The van der Waals surface area contributed by atoms with Gasteiger partial charge in [0.1, 0.15) is 11.6 Å². The number of rotatable bonds is 6. The molecule has 0 aliphatic rings. The van der Waals surface area contributed by atoms with E-state index in [1.807, 2.05) is 0 Å². The van der Waals surface area contributed by atoms with Crippen LogP contribution in [0.4, 0.5) is 15.9 Å². The van der Waals surface area contributed by atoms with Crippen molar-refractivity contribution >= 4 is 45.1 Å². The third-order valence-electron chi connectivity index (χ3n) is 3.70. The number of anilines is 2. The molecule has 0 saturated heterocycles. The van der Waals surface area contributed by atoms with Gasteiger partial charge in [0, 0.05) is 23.4 Å². The molecule has 3 aromatic rings. The summed E-state index contributed by atoms with van der Waals surface area (Å²) in [6, 6.07) is 11.1. The van der Waals surface area contributed by atoms with Crippen molar-refractivity contribution in [3.8, 4) is 0 Å². The zero-order chi connectivity index (χ0) is 21.0. The van der Waals surface area contributed by atoms with Crippen LogP contribution in [-0.4, -0.2) is 19.5 Å². The van der Waals surface area contributed by atoms with Gasteiger partial charge in [-0.2, -0.15) is 0 Å². The monoisotopic (exact) mass is 435 g/mol. The molecular formula is C19H15ClFN3O4S. The van der Waals surface area contributed by atoms with Crippen molar-refractivity contribution in [3.05, 3.63) is 76.8 Å². The molecule has 7 nitrogen and oxygen atoms in total. The maximum atomic E-state index is 13.7. The summed E-state index contributed by atoms with van der Waals surface area (Å²) in [7, 11) is -3.86. The summed E-state index contributed by atoms with van der Waals surface area (Å²) in [5.41, 5.74) is 0.454. The highest BCUT2D eigenvalue weighted by Crippen LogP contribution is 2.21. The van der Waals surface area contributed by atoms with Crippen molar-refractivity contribution in [3.63, 3.8) is 0 Å². The molecule has 150 valence electrons. The average Bonchev–Trinajstić information content (AvgIpc) is 3.05. The molecule has 2 aromatic carbocycles. The number of benzene rings is 2. The van der Waals surface area contributed by atoms with E-state index in [9.17, 15) is 17.6 Å². The fourth-order valence-electron chi connectivity index (χ4n) is 2.34. The van der Waals surface area contributed by atoms with Gasteiger partial charge in [-0.05, 0) is 49.4 Å². The standard InChI is InChI=1S/C19H15ClFN3O4S/c1-12-11-18(23-28-12)24-29(26,27)14-7-5-13(6-8-14)22-19(25)10-9-15-16(20)3-2-4-17(15)21/h2-11H,1H3,(H,22,25)(H,23,24)/b10-9+. The molecule has 1 aromatic heterocycles. The van der Waals surface area contributed by atoms with Gasteiger partial charge in [0.05, 0.1) is 9.92 Å². The van der Waals surface area contributed by atoms with E-state index in [-0.39, 0.29) is 21.3 Å². The van der Waals surface area contributed by atoms with E-state index in [4.69, 9.17) is 16.1 Å². The Morgan fingerprint density at radius 3 is 2.55 bits per heavy atom. The van der Waals surface area contributed by atoms with Crippen molar-refractivity contribution in [1.29, 1.82) is 0 Å². The molecule has 1 heterocycles. The molecule has 0 saturated carbocycles. The van der Waals surface area contributed by atoms with Crippen LogP contribution in [0.15, 0.2) is 64.0 Å². The minimum absolute atomic E-state index is 0.0233. The van der Waals surface area contributed by atoms with Gasteiger partial charge in [0.2, 0.25) is 5.91 Å². The molecule has 3 rings (SSSR count). The molecule has 0 aliphatic heterocycles. The largest absolute Gasteiger partial charge is 0.360 e. The van der Waals surface area contributed by atoms with Gasteiger partial charge in [-0.1, -0.05) is 22.8 Å². The maximum absolute atomic E-state index is 13.7. The normalized spacial score (nSPS) is 11.6. The first-order chi connectivity index (χ1) is 13.7. The summed E-state index contributed by atoms with van der Waals surface area (Å²) in [5.74, 6) is -0.552. The van der Waals surface area contributed by atoms with E-state index in [0.717, 1.165) is 6.08 Å². The van der Waals surface area contributed by atoms with Crippen molar-refractivity contribution in [2.24, 2.45) is 0 Å². The van der Waals surface area contributed by atoms with Gasteiger partial charge in [-0.15, -0.1) is 0 Å². The van der Waals surface area contributed by atoms with Gasteiger partial charge < -0.3 is 9.84 Å². The molecule has 1 amide bonds. The Hall–Kier alpha value is -3.17. The van der Waals surface area contributed by atoms with Gasteiger partial charge in [0.25, 0.3) is 10.0 Å². The number of aromatic nitrogens is 1. The summed E-state index contributed by atoms with van der Waals surface area (Å²) in [6.07, 6.45) is 2.39. The minimum atomic E-state index is -3.86. The second-order valence-electron chi connectivity index (χ2n) is 5.91. The Labute approximate surface area is 171 Å². The van der Waals surface area contributed by atoms with Gasteiger partial charge in [0.15, 0.2) is 5.82 Å². The lowest BCUT2D eigenvalue weighted by Crippen LogP contribution is -2.13. The number of amides is 1. The highest BCUT2D eigenvalue weighted by atomic mass is 35.5. The summed E-state index contributed by atoms with van der Waals surface area (Å²) in [4.78, 5) is 12.0. The van der Waals surface area contributed by atoms with Gasteiger partial charge in [-0.25, -0.2) is 12.8 Å². The van der Waals surface area contributed by atoms with Crippen molar-refractivity contribution in [2.45, 2.75) is 11.8 Å². The van der Waals surface area contributed by atoms with Crippen molar-refractivity contribution in [2.75, 3.05) is 10.0 Å². The van der Waals surface area contributed by atoms with E-state index >= 15 is 0 Å². The topological polar surface area (TPSA) is 101 Å². The van der Waals surface area contributed by atoms with Crippen LogP contribution in [0.3, 0.4) is 0 Å². The van der Waals surface area contributed by atoms with Crippen molar-refractivity contribution in [1.82, 2.24) is 5.16 Å². The lowest BCUT2D eigenvalue weighted by atomic mass is 10.2. The summed E-state index contributed by atoms with van der Waals surface area (Å²) in [5, 5.41) is 6.30. The summed E-state index contributed by atoms with van der Waals surface area (Å²) in [6.45, 7) is 1.64. The Morgan fingerprint density at radius 1 is 1.21 bits per heavy atom. The van der Waals surface area contributed by atoms with Crippen LogP contribution in [0.25, 0.3) is 6.08 Å². The lowest BCUT2D eigenvalue weighted by Gasteiger charge is -2.07. The van der Waals surface area contributed by atoms with E-state index < -0.39 is 21.7 Å². The Kier molecular flexibility index (Phi) is 6.00. The number of nitrogens with one attached hydrogen (secondary N) is 2. The second-order valence-corrected chi connectivity index (χ2v) is 8.00. The molecule has 29 heavy (non-hydrogen) atoms. The van der Waals surface area contributed by atoms with Gasteiger partial charge >= 0.3 is 0 Å². The first kappa shape index (κ1) is 20.6. The molecular weight excluding hydrogens is 421 g/mol. The molecule has 0 bridgehead atoms. The minimum Gasteiger partial charge on any atom is -0.360 e. The molecule has 2 N–H and O–H groups in total. The van der Waals surface area contributed by atoms with E-state index in [1.165, 1.54) is 54.6 Å². The maximum Gasteiger partial charge on any atom is 0.263 e. The number of hydrogen-bond acceptors (Lipinski definition) is 5. The van der Waals surface area contributed by atoms with Gasteiger partial charge in [-0.3, -0.25) is 9.52 Å². The molecule has 0 radical (unpaired) electrons. The number of aryl methyl sites for hydroxylation is 1. The smallest absolute Gasteiger partial charge is 0.263 e. The zero-order valence-electron chi connectivity index (χ0n) is 15.0. The third-order valence-corrected chi connectivity index (χ3v) is 5.40. The fourth-order valence-corrected chi connectivity index (χ4v) is 3.55. The number of carbonyl (C=O) groups is 1. The van der Waals surface area contributed by atoms with Crippen LogP contribution in [0.5, 0.6) is 0 Å². The first-order valence-electron chi connectivity index (χ1n) is 8.24. The quantitative estimate of drug-likeness (QED) is 0.564. The molecule has 0 atom stereocenters. The number of carbonyl (C=O) groups excluding carboxylic acids is 1. The average molecular weight is 436 g/mol. The van der Waals surface area contributed by atoms with Crippen molar-refractivity contribution < 1.29 is 22.1 Å². The molecule has 10 heteroatoms. The lowest BCUT2D eigenvalue weighted by molar-refractivity contribution is -0.111. The number of sulfonamides is 1. The fraction of sp³-hybridized carbons (Fsp3) is 0.0526. The van der Waals surface area contributed by atoms with Crippen LogP contribution in [0, 0.1) is 12.7 Å². The summed E-state index contributed by atoms with van der Waals surface area (Å²) >= 11 is 5.90. The summed E-state index contributed by atoms with van der Waals surface area (Å²) < 4.78 is 45.5. The van der Waals surface area contributed by atoms with Crippen LogP contribution in [0.1, 0.15) is 11.3 Å². The number of nitrogens with zero attached hydrogens (tertiary/aromatic N) is 1. The Morgan fingerprint density at radius 2 is 1.93 bits per heavy atom. The number of hydrogen-bond donors (Lipinski definition) is 2. The SMILES string of the molecule is Cc1cc(NS(=O)(=O)c2ccc(NC(=O)/C=C/c3c(F)cccc3Cl)cc2)no1. The van der Waals surface area contributed by atoms with E-state index in [2.05, 4.69) is 15.2 Å². The van der Waals surface area contributed by atoms with Crippen LogP contribution in [-0.2, 0) is 14.8 Å². The highest BCUT2D eigenvalue weighted by molar-refractivity contribution is 7.92. The van der Waals surface area contributed by atoms with E-state index in [1.54, 1.807) is 6.92 Å². The number of halogens is 2. The molecule has 0 unspecified atom stereocenters. The highest BCUT2D eigenvalue weighted by Gasteiger charge is 2.16.